The summed E-state index contributed by atoms with van der Waals surface area (Å²) in [4.78, 5) is 7.48. The van der Waals surface area contributed by atoms with Crippen LogP contribution in [0.5, 0.6) is 0 Å². The molecule has 0 radical (unpaired) electrons. The van der Waals surface area contributed by atoms with E-state index in [1.54, 1.807) is 0 Å². The topological polar surface area (TPSA) is 24.7 Å². The smallest absolute Gasteiger partial charge is 0.0859 e. The maximum atomic E-state index is 3.76. The lowest BCUT2D eigenvalue weighted by Crippen LogP contribution is -1.86. The van der Waals surface area contributed by atoms with E-state index in [2.05, 4.69) is 23.4 Å². The van der Waals surface area contributed by atoms with Gasteiger partial charge < -0.3 is 0 Å². The quantitative estimate of drug-likeness (QED) is 0.652. The van der Waals surface area contributed by atoms with Gasteiger partial charge in [0.2, 0.25) is 0 Å². The minimum absolute atomic E-state index is 0.250. The van der Waals surface area contributed by atoms with Gasteiger partial charge in [-0.15, -0.1) is 0 Å². The van der Waals surface area contributed by atoms with E-state index in [4.69, 9.17) is 0 Å². The van der Waals surface area contributed by atoms with Crippen molar-refractivity contribution >= 4 is 19.1 Å². The van der Waals surface area contributed by atoms with Crippen LogP contribution in [-0.4, -0.2) is 19.5 Å². The van der Waals surface area contributed by atoms with Gasteiger partial charge in [0.05, 0.1) is 11.7 Å². The highest BCUT2D eigenvalue weighted by Crippen LogP contribution is 2.06. The molecule has 2 rings (SSSR count). The molecule has 0 heterocycles. The number of hydrogen-bond donors (Lipinski definition) is 0. The fourth-order valence-electron chi connectivity index (χ4n) is 1.08. The zero-order valence-electron chi connectivity index (χ0n) is 8.58. The minimum Gasteiger partial charge on any atom is -0.289 e. The van der Waals surface area contributed by atoms with Gasteiger partial charge in [-0.3, -0.25) is 9.98 Å². The first-order valence-electron chi connectivity index (χ1n) is 4.69. The summed E-state index contributed by atoms with van der Waals surface area (Å²) in [6.07, 6.45) is 7.93. The number of nitrogens with zero attached hydrogens (tertiary/aromatic N) is 2. The van der Waals surface area contributed by atoms with Gasteiger partial charge >= 0.3 is 0 Å². The van der Waals surface area contributed by atoms with Crippen molar-refractivity contribution in [2.75, 3.05) is 0 Å². The van der Waals surface area contributed by atoms with Crippen LogP contribution in [0, 0.1) is 0 Å². The van der Waals surface area contributed by atoms with Gasteiger partial charge in [-0.05, 0) is 25.6 Å². The van der Waals surface area contributed by atoms with E-state index in [1.807, 2.05) is 54.6 Å². The summed E-state index contributed by atoms with van der Waals surface area (Å²) < 4.78 is 0. The SMILES string of the molecule is C=NC1C=CC=C1.C=Nc1ccccc1. The molecule has 1 aromatic rings. The van der Waals surface area contributed by atoms with Gasteiger partial charge in [-0.1, -0.05) is 42.5 Å². The molecule has 0 aromatic heterocycles. The molecule has 15 heavy (non-hydrogen) atoms. The Balaban J connectivity index is 0.000000151. The van der Waals surface area contributed by atoms with E-state index in [0.29, 0.717) is 0 Å². The monoisotopic (exact) mass is 198 g/mol. The third kappa shape index (κ3) is 4.18. The van der Waals surface area contributed by atoms with Gasteiger partial charge in [0, 0.05) is 0 Å². The highest BCUT2D eigenvalue weighted by atomic mass is 14.7. The van der Waals surface area contributed by atoms with Crippen LogP contribution in [0.15, 0.2) is 64.6 Å². The molecule has 0 amide bonds. The van der Waals surface area contributed by atoms with Crippen molar-refractivity contribution in [2.24, 2.45) is 9.98 Å². The fourth-order valence-corrected chi connectivity index (χ4v) is 1.08. The largest absolute Gasteiger partial charge is 0.289 e. The van der Waals surface area contributed by atoms with Crippen LogP contribution >= 0.6 is 0 Å². The fraction of sp³-hybridized carbons (Fsp3) is 0.0769. The van der Waals surface area contributed by atoms with Crippen LogP contribution in [0.3, 0.4) is 0 Å². The molecule has 1 aliphatic carbocycles. The summed E-state index contributed by atoms with van der Waals surface area (Å²) in [6, 6.07) is 9.89. The Morgan fingerprint density at radius 1 is 0.933 bits per heavy atom. The molecular weight excluding hydrogens is 184 g/mol. The maximum absolute atomic E-state index is 3.76. The highest BCUT2D eigenvalue weighted by Gasteiger charge is 1.94. The molecule has 1 aliphatic rings. The lowest BCUT2D eigenvalue weighted by molar-refractivity contribution is 1.06. The van der Waals surface area contributed by atoms with E-state index in [9.17, 15) is 0 Å². The van der Waals surface area contributed by atoms with E-state index in [0.717, 1.165) is 5.69 Å². The van der Waals surface area contributed by atoms with Crippen molar-refractivity contribution in [2.45, 2.75) is 6.04 Å². The van der Waals surface area contributed by atoms with Crippen LogP contribution < -0.4 is 0 Å². The molecule has 0 N–H and O–H groups in total. The van der Waals surface area contributed by atoms with E-state index < -0.39 is 0 Å². The predicted molar refractivity (Wildman–Crippen MR) is 67.3 cm³/mol. The van der Waals surface area contributed by atoms with Gasteiger partial charge in [0.15, 0.2) is 0 Å². The molecule has 0 atom stereocenters. The minimum atomic E-state index is 0.250. The molecular formula is C13H14N2. The Hall–Kier alpha value is -1.96. The predicted octanol–water partition coefficient (Wildman–Crippen LogP) is 3.20. The highest BCUT2D eigenvalue weighted by molar-refractivity contribution is 5.44. The lowest BCUT2D eigenvalue weighted by Gasteiger charge is -1.88. The second kappa shape index (κ2) is 6.49. The van der Waals surface area contributed by atoms with Crippen molar-refractivity contribution in [1.29, 1.82) is 0 Å². The van der Waals surface area contributed by atoms with Crippen LogP contribution in [0.4, 0.5) is 5.69 Å². The van der Waals surface area contributed by atoms with E-state index in [-0.39, 0.29) is 6.04 Å². The zero-order valence-corrected chi connectivity index (χ0v) is 8.58. The summed E-state index contributed by atoms with van der Waals surface area (Å²) >= 11 is 0. The van der Waals surface area contributed by atoms with Gasteiger partial charge in [-0.25, -0.2) is 0 Å². The number of benzene rings is 1. The van der Waals surface area contributed by atoms with Gasteiger partial charge in [0.25, 0.3) is 0 Å². The Labute approximate surface area is 90.4 Å². The second-order valence-electron chi connectivity index (χ2n) is 2.94. The molecule has 1 aromatic carbocycles. The molecule has 0 unspecified atom stereocenters. The van der Waals surface area contributed by atoms with Crippen LogP contribution in [-0.2, 0) is 0 Å². The first-order valence-corrected chi connectivity index (χ1v) is 4.69. The lowest BCUT2D eigenvalue weighted by atomic mass is 10.3. The Morgan fingerprint density at radius 3 is 1.87 bits per heavy atom. The van der Waals surface area contributed by atoms with E-state index in [1.165, 1.54) is 0 Å². The third-order valence-electron chi connectivity index (χ3n) is 1.88. The number of aliphatic imine (C=N–C) groups is 2. The summed E-state index contributed by atoms with van der Waals surface area (Å²) in [7, 11) is 0. The second-order valence-corrected chi connectivity index (χ2v) is 2.94. The molecule has 0 saturated carbocycles. The zero-order chi connectivity index (χ0) is 10.9. The molecule has 0 spiro atoms. The molecule has 76 valence electrons. The average molecular weight is 198 g/mol. The Morgan fingerprint density at radius 2 is 1.53 bits per heavy atom. The molecule has 0 aliphatic heterocycles. The molecule has 0 bridgehead atoms. The standard InChI is InChI=1S/C7H7N.C6H7N/c1-8-7-5-3-2-4-6-7;1-7-6-4-2-3-5-6/h2-6H,1H2;2-6H,1H2. The van der Waals surface area contributed by atoms with Crippen molar-refractivity contribution < 1.29 is 0 Å². The van der Waals surface area contributed by atoms with Gasteiger partial charge in [0.1, 0.15) is 0 Å². The normalized spacial score (nSPS) is 13.1. The number of allylic oxidation sites excluding steroid dienone is 2. The molecule has 2 nitrogen and oxygen atoms in total. The number of hydrogen-bond acceptors (Lipinski definition) is 2. The molecule has 2 heteroatoms. The molecule has 0 saturated heterocycles. The first kappa shape index (κ1) is 11.1. The Kier molecular flexibility index (Phi) is 4.81. The van der Waals surface area contributed by atoms with E-state index >= 15 is 0 Å². The van der Waals surface area contributed by atoms with Gasteiger partial charge in [-0.2, -0.15) is 0 Å². The van der Waals surface area contributed by atoms with Crippen molar-refractivity contribution in [1.82, 2.24) is 0 Å². The van der Waals surface area contributed by atoms with Crippen LogP contribution in [0.2, 0.25) is 0 Å². The summed E-state index contributed by atoms with van der Waals surface area (Å²) in [5.41, 5.74) is 0.924. The number of rotatable bonds is 2. The van der Waals surface area contributed by atoms with Crippen LogP contribution in [0.25, 0.3) is 0 Å². The summed E-state index contributed by atoms with van der Waals surface area (Å²) in [5.74, 6) is 0. The summed E-state index contributed by atoms with van der Waals surface area (Å²) in [5, 5.41) is 0. The van der Waals surface area contributed by atoms with Crippen molar-refractivity contribution in [3.05, 3.63) is 54.6 Å². The van der Waals surface area contributed by atoms with Crippen molar-refractivity contribution in [3.8, 4) is 0 Å². The number of para-hydroxylation sites is 1. The third-order valence-corrected chi connectivity index (χ3v) is 1.88. The molecule has 0 fully saturated rings. The first-order chi connectivity index (χ1) is 7.36. The Bertz CT molecular complexity index is 351. The average Bonchev–Trinajstić information content (AvgIpc) is 2.84. The summed E-state index contributed by atoms with van der Waals surface area (Å²) in [6.45, 7) is 6.77. The maximum Gasteiger partial charge on any atom is 0.0859 e. The van der Waals surface area contributed by atoms with Crippen molar-refractivity contribution in [3.63, 3.8) is 0 Å². The van der Waals surface area contributed by atoms with Crippen LogP contribution in [0.1, 0.15) is 0 Å².